The van der Waals surface area contributed by atoms with Crippen LogP contribution in [0.15, 0.2) is 97.1 Å². The van der Waals surface area contributed by atoms with Gasteiger partial charge < -0.3 is 18.9 Å². The molecule has 0 radical (unpaired) electrons. The van der Waals surface area contributed by atoms with Gasteiger partial charge in [-0.15, -0.1) is 0 Å². The van der Waals surface area contributed by atoms with Crippen LogP contribution in [-0.2, 0) is 20.4 Å². The van der Waals surface area contributed by atoms with Crippen LogP contribution in [-0.4, -0.2) is 45.1 Å². The molecule has 0 saturated heterocycles. The molecule has 0 aliphatic carbocycles. The van der Waals surface area contributed by atoms with Gasteiger partial charge in [0.1, 0.15) is 17.2 Å². The summed E-state index contributed by atoms with van der Waals surface area (Å²) in [5.74, 6) is -0.827. The Bertz CT molecular complexity index is 1700. The number of hydrogen-bond donors (Lipinski definition) is 0. The highest BCUT2D eigenvalue weighted by Gasteiger charge is 2.72. The Kier molecular flexibility index (Phi) is 11.1. The lowest BCUT2D eigenvalue weighted by Crippen LogP contribution is -2.54. The summed E-state index contributed by atoms with van der Waals surface area (Å²) in [5, 5.41) is 0. The van der Waals surface area contributed by atoms with Gasteiger partial charge in [0.25, 0.3) is 0 Å². The summed E-state index contributed by atoms with van der Waals surface area (Å²) in [6.45, 7) is 3.85. The summed E-state index contributed by atoms with van der Waals surface area (Å²) in [6, 6.07) is 20.2. The molecule has 4 aromatic carbocycles. The van der Waals surface area contributed by atoms with Crippen molar-refractivity contribution in [1.82, 2.24) is 0 Å². The zero-order chi connectivity index (χ0) is 36.0. The predicted octanol–water partition coefficient (Wildman–Crippen LogP) is 8.98. The van der Waals surface area contributed by atoms with Crippen molar-refractivity contribution in [2.75, 3.05) is 20.8 Å². The van der Waals surface area contributed by atoms with E-state index in [2.05, 4.69) is 0 Å². The number of halogens is 6. The maximum absolute atomic E-state index is 14.5. The van der Waals surface area contributed by atoms with E-state index >= 15 is 0 Å². The van der Waals surface area contributed by atoms with Gasteiger partial charge in [-0.2, -0.15) is 26.3 Å². The van der Waals surface area contributed by atoms with Crippen molar-refractivity contribution in [3.05, 3.63) is 125 Å². The smallest absolute Gasteiger partial charge is 0.411 e. The molecule has 0 N–H and O–H groups in total. The highest BCUT2D eigenvalue weighted by molar-refractivity contribution is 5.91. The van der Waals surface area contributed by atoms with Gasteiger partial charge in [-0.1, -0.05) is 55.5 Å². The van der Waals surface area contributed by atoms with E-state index in [0.29, 0.717) is 49.5 Å². The third kappa shape index (κ3) is 7.75. The Morgan fingerprint density at radius 3 is 1.41 bits per heavy atom. The van der Waals surface area contributed by atoms with E-state index in [4.69, 9.17) is 18.9 Å². The zero-order valence-corrected chi connectivity index (χ0v) is 27.1. The monoisotopic (exact) mass is 688 g/mol. The molecule has 0 spiro atoms. The first kappa shape index (κ1) is 37.0. The first-order valence-electron chi connectivity index (χ1n) is 15.1. The minimum absolute atomic E-state index is 0.0822. The number of carbonyl (C=O) groups excluding carboxylic acids is 2. The second-order valence-corrected chi connectivity index (χ2v) is 11.5. The molecule has 4 aromatic rings. The highest BCUT2D eigenvalue weighted by atomic mass is 19.4. The Labute approximate surface area is 279 Å². The highest BCUT2D eigenvalue weighted by Crippen LogP contribution is 2.56. The fourth-order valence-electron chi connectivity index (χ4n) is 5.82. The van der Waals surface area contributed by atoms with Crippen molar-refractivity contribution in [2.24, 2.45) is 0 Å². The van der Waals surface area contributed by atoms with Crippen LogP contribution in [0.5, 0.6) is 17.2 Å². The van der Waals surface area contributed by atoms with E-state index < -0.39 is 46.2 Å². The van der Waals surface area contributed by atoms with E-state index in [1.807, 2.05) is 19.1 Å². The zero-order valence-electron chi connectivity index (χ0n) is 27.1. The van der Waals surface area contributed by atoms with E-state index in [1.165, 1.54) is 14.0 Å². The molecule has 49 heavy (non-hydrogen) atoms. The van der Waals surface area contributed by atoms with Gasteiger partial charge in [0.2, 0.25) is 5.41 Å². The molecular formula is C37H34F6O6. The lowest BCUT2D eigenvalue weighted by molar-refractivity contribution is -0.288. The Balaban J connectivity index is 1.60. The Morgan fingerprint density at radius 2 is 1.00 bits per heavy atom. The summed E-state index contributed by atoms with van der Waals surface area (Å²) in [5.41, 5.74) is -5.54. The van der Waals surface area contributed by atoms with Crippen LogP contribution in [0.4, 0.5) is 26.3 Å². The van der Waals surface area contributed by atoms with Crippen molar-refractivity contribution in [3.8, 4) is 17.2 Å². The van der Waals surface area contributed by atoms with Crippen molar-refractivity contribution in [3.63, 3.8) is 0 Å². The van der Waals surface area contributed by atoms with Crippen LogP contribution in [0.3, 0.4) is 0 Å². The Morgan fingerprint density at radius 1 is 0.592 bits per heavy atom. The molecule has 0 saturated carbocycles. The molecule has 1 atom stereocenters. The molecule has 12 heteroatoms. The molecule has 4 rings (SSSR count). The van der Waals surface area contributed by atoms with Gasteiger partial charge in [0.15, 0.2) is 0 Å². The molecule has 1 unspecified atom stereocenters. The molecule has 0 heterocycles. The van der Waals surface area contributed by atoms with Crippen molar-refractivity contribution >= 4 is 11.9 Å². The van der Waals surface area contributed by atoms with Crippen LogP contribution < -0.4 is 14.2 Å². The molecule has 0 bridgehead atoms. The first-order chi connectivity index (χ1) is 23.1. The number of rotatable bonds is 12. The lowest BCUT2D eigenvalue weighted by atomic mass is 9.72. The van der Waals surface area contributed by atoms with Crippen LogP contribution in [0.1, 0.15) is 59.3 Å². The maximum Gasteiger partial charge on any atom is 0.411 e. The van der Waals surface area contributed by atoms with Gasteiger partial charge in [0.05, 0.1) is 12.7 Å². The number of ether oxygens (including phenoxy) is 4. The topological polar surface area (TPSA) is 71.1 Å². The standard InChI is InChI=1S/C37H34F6O6/c1-24(44)48-31-18-10-26(11-19-31)34(2,22-5-23-46-3)27-12-20-32(21-13-27)49-33(45)25-6-8-28(9-7-25)35(36(38,39)40,37(41,42)43)29-14-16-30(47-4)17-15-29/h6-21H,5,22-23H2,1-4H3. The van der Waals surface area contributed by atoms with Crippen molar-refractivity contribution in [1.29, 1.82) is 0 Å². The first-order valence-corrected chi connectivity index (χ1v) is 15.1. The lowest BCUT2D eigenvalue weighted by Gasteiger charge is -2.38. The molecule has 0 aliphatic rings. The van der Waals surface area contributed by atoms with Gasteiger partial charge in [-0.3, -0.25) is 4.79 Å². The second-order valence-electron chi connectivity index (χ2n) is 11.5. The number of benzene rings is 4. The summed E-state index contributed by atoms with van der Waals surface area (Å²) >= 11 is 0. The molecule has 0 aliphatic heterocycles. The van der Waals surface area contributed by atoms with Gasteiger partial charge in [0, 0.05) is 26.1 Å². The number of hydrogen-bond acceptors (Lipinski definition) is 6. The van der Waals surface area contributed by atoms with Crippen LogP contribution in [0, 0.1) is 0 Å². The SMILES string of the molecule is COCCCC(C)(c1ccc(OC(C)=O)cc1)c1ccc(OC(=O)c2ccc(C(c3ccc(OC)cc3)(C(F)(F)F)C(F)(F)F)cc2)cc1. The molecule has 260 valence electrons. The van der Waals surface area contributed by atoms with Crippen LogP contribution >= 0.6 is 0 Å². The second kappa shape index (κ2) is 14.7. The van der Waals surface area contributed by atoms with Crippen LogP contribution in [0.2, 0.25) is 0 Å². The third-order valence-electron chi connectivity index (χ3n) is 8.41. The van der Waals surface area contributed by atoms with Crippen molar-refractivity contribution < 1.29 is 54.9 Å². The predicted molar refractivity (Wildman–Crippen MR) is 169 cm³/mol. The quantitative estimate of drug-likeness (QED) is 0.0641. The van der Waals surface area contributed by atoms with Gasteiger partial charge in [-0.05, 0) is 83.6 Å². The van der Waals surface area contributed by atoms with E-state index in [1.54, 1.807) is 43.5 Å². The molecule has 0 fully saturated rings. The normalized spacial score (nSPS) is 13.3. The fraction of sp³-hybridized carbons (Fsp3) is 0.297. The minimum Gasteiger partial charge on any atom is -0.497 e. The number of methoxy groups -OCH3 is 2. The maximum atomic E-state index is 14.5. The summed E-state index contributed by atoms with van der Waals surface area (Å²) < 4.78 is 108. The third-order valence-corrected chi connectivity index (χ3v) is 8.41. The van der Waals surface area contributed by atoms with Crippen molar-refractivity contribution in [2.45, 2.75) is 49.9 Å². The average molecular weight is 689 g/mol. The van der Waals surface area contributed by atoms with E-state index in [9.17, 15) is 35.9 Å². The van der Waals surface area contributed by atoms with Gasteiger partial charge >= 0.3 is 24.3 Å². The minimum atomic E-state index is -5.79. The van der Waals surface area contributed by atoms with Gasteiger partial charge in [-0.25, -0.2) is 4.79 Å². The largest absolute Gasteiger partial charge is 0.497 e. The number of carbonyl (C=O) groups is 2. The molecule has 6 nitrogen and oxygen atoms in total. The van der Waals surface area contributed by atoms with E-state index in [0.717, 1.165) is 35.4 Å². The van der Waals surface area contributed by atoms with E-state index in [-0.39, 0.29) is 17.1 Å². The molecule has 0 amide bonds. The number of alkyl halides is 6. The molecular weight excluding hydrogens is 654 g/mol. The summed E-state index contributed by atoms with van der Waals surface area (Å²) in [4.78, 5) is 24.3. The summed E-state index contributed by atoms with van der Waals surface area (Å²) in [6.07, 6.45) is -10.2. The number of esters is 2. The van der Waals surface area contributed by atoms with Crippen LogP contribution in [0.25, 0.3) is 0 Å². The average Bonchev–Trinajstić information content (AvgIpc) is 3.05. The summed E-state index contributed by atoms with van der Waals surface area (Å²) in [7, 11) is 2.84. The molecule has 0 aromatic heterocycles. The Hall–Kier alpha value is -4.84. The fourth-order valence-corrected chi connectivity index (χ4v) is 5.82.